The Morgan fingerprint density at radius 2 is 2.22 bits per heavy atom. The first-order chi connectivity index (χ1) is 8.47. The molecule has 1 unspecified atom stereocenters. The Bertz CT molecular complexity index is 462. The number of thiocarbonyl (C=S) groups is 1. The number of carbonyl (C=O) groups excluding carboxylic acids is 1. The predicted molar refractivity (Wildman–Crippen MR) is 80.0 cm³/mol. The first-order valence-corrected chi connectivity index (χ1v) is 6.61. The van der Waals surface area contributed by atoms with E-state index in [0.29, 0.717) is 17.1 Å². The maximum absolute atomic E-state index is 12.1. The molecule has 3 N–H and O–H groups in total. The van der Waals surface area contributed by atoms with Crippen LogP contribution in [0.5, 0.6) is 0 Å². The van der Waals surface area contributed by atoms with Crippen LogP contribution in [0.15, 0.2) is 18.2 Å². The fourth-order valence-corrected chi connectivity index (χ4v) is 2.05. The highest BCUT2D eigenvalue weighted by atomic mass is 35.5. The van der Waals surface area contributed by atoms with E-state index in [4.69, 9.17) is 29.6 Å². The lowest BCUT2D eigenvalue weighted by molar-refractivity contribution is -0.118. The van der Waals surface area contributed by atoms with E-state index in [-0.39, 0.29) is 10.9 Å². The average Bonchev–Trinajstić information content (AvgIpc) is 2.31. The molecule has 0 spiro atoms. The zero-order valence-electron chi connectivity index (χ0n) is 10.5. The fourth-order valence-electron chi connectivity index (χ4n) is 1.65. The number of benzene rings is 1. The van der Waals surface area contributed by atoms with Crippen molar-refractivity contribution in [2.75, 3.05) is 5.32 Å². The van der Waals surface area contributed by atoms with Gasteiger partial charge in [-0.15, -0.1) is 0 Å². The molecule has 18 heavy (non-hydrogen) atoms. The minimum absolute atomic E-state index is 0.172. The summed E-state index contributed by atoms with van der Waals surface area (Å²) in [7, 11) is 0. The van der Waals surface area contributed by atoms with E-state index >= 15 is 0 Å². The van der Waals surface area contributed by atoms with Gasteiger partial charge in [-0.05, 0) is 31.0 Å². The molecule has 1 atom stereocenters. The van der Waals surface area contributed by atoms with Crippen LogP contribution in [0, 0.1) is 12.8 Å². The molecule has 3 nitrogen and oxygen atoms in total. The Hall–Kier alpha value is -1.13. The number of hydrogen-bond donors (Lipinski definition) is 2. The maximum Gasteiger partial charge on any atom is 0.234 e. The van der Waals surface area contributed by atoms with E-state index in [9.17, 15) is 4.79 Å². The molecule has 0 saturated carbocycles. The molecule has 5 heteroatoms. The summed E-state index contributed by atoms with van der Waals surface area (Å²) in [5, 5.41) is 3.45. The number of nitrogens with one attached hydrogen (secondary N) is 1. The summed E-state index contributed by atoms with van der Waals surface area (Å²) in [6.07, 6.45) is 1.50. The summed E-state index contributed by atoms with van der Waals surface area (Å²) in [5.41, 5.74) is 7.13. The van der Waals surface area contributed by atoms with Crippen LogP contribution in [0.25, 0.3) is 0 Å². The normalized spacial score (nSPS) is 11.9. The van der Waals surface area contributed by atoms with Crippen LogP contribution in [0.2, 0.25) is 5.02 Å². The molecule has 0 aliphatic heterocycles. The van der Waals surface area contributed by atoms with Crippen molar-refractivity contribution in [1.82, 2.24) is 0 Å². The molecule has 0 fully saturated rings. The van der Waals surface area contributed by atoms with Gasteiger partial charge in [-0.3, -0.25) is 4.79 Å². The van der Waals surface area contributed by atoms with Crippen molar-refractivity contribution in [3.8, 4) is 0 Å². The van der Waals surface area contributed by atoms with Gasteiger partial charge in [0.15, 0.2) is 0 Å². The number of hydrogen-bond acceptors (Lipinski definition) is 2. The van der Waals surface area contributed by atoms with Crippen molar-refractivity contribution >= 4 is 40.4 Å². The number of carbonyl (C=O) groups is 1. The van der Waals surface area contributed by atoms with Crippen LogP contribution in [-0.2, 0) is 4.79 Å². The Balaban J connectivity index is 2.86. The molecular weight excluding hydrogens is 268 g/mol. The fraction of sp³-hybridized carbons (Fsp3) is 0.385. The molecule has 1 aromatic rings. The van der Waals surface area contributed by atoms with Crippen molar-refractivity contribution in [3.63, 3.8) is 0 Å². The molecule has 0 saturated heterocycles. The third-order valence-electron chi connectivity index (χ3n) is 2.76. The molecule has 0 heterocycles. The summed E-state index contributed by atoms with van der Waals surface area (Å²) in [4.78, 5) is 12.3. The molecule has 0 aliphatic rings. The highest BCUT2D eigenvalue weighted by Gasteiger charge is 2.21. The van der Waals surface area contributed by atoms with Crippen LogP contribution in [0.4, 0.5) is 5.69 Å². The monoisotopic (exact) mass is 284 g/mol. The first kappa shape index (κ1) is 14.9. The number of amides is 1. The van der Waals surface area contributed by atoms with Gasteiger partial charge >= 0.3 is 0 Å². The maximum atomic E-state index is 12.1. The minimum atomic E-state index is -0.427. The van der Waals surface area contributed by atoms with E-state index < -0.39 is 5.92 Å². The molecule has 0 radical (unpaired) electrons. The van der Waals surface area contributed by atoms with E-state index in [0.717, 1.165) is 12.0 Å². The number of halogens is 1. The summed E-state index contributed by atoms with van der Waals surface area (Å²) >= 11 is 10.9. The highest BCUT2D eigenvalue weighted by molar-refractivity contribution is 7.80. The SMILES string of the molecule is CCCC(C(=O)Nc1cccc(Cl)c1C)C(N)=S. The Labute approximate surface area is 118 Å². The molecule has 1 rings (SSSR count). The standard InChI is InChI=1S/C13H17ClN2OS/c1-3-5-9(12(15)18)13(17)16-11-7-4-6-10(14)8(11)2/h4,6-7,9H,3,5H2,1-2H3,(H2,15,18)(H,16,17). The summed E-state index contributed by atoms with van der Waals surface area (Å²) in [6.45, 7) is 3.84. The van der Waals surface area contributed by atoms with Crippen LogP contribution in [-0.4, -0.2) is 10.9 Å². The van der Waals surface area contributed by atoms with Crippen molar-refractivity contribution in [1.29, 1.82) is 0 Å². The van der Waals surface area contributed by atoms with Gasteiger partial charge in [0.25, 0.3) is 0 Å². The lowest BCUT2D eigenvalue weighted by atomic mass is 10.0. The van der Waals surface area contributed by atoms with Gasteiger partial charge in [0, 0.05) is 10.7 Å². The lowest BCUT2D eigenvalue weighted by Gasteiger charge is -2.16. The Morgan fingerprint density at radius 1 is 1.56 bits per heavy atom. The van der Waals surface area contributed by atoms with Gasteiger partial charge in [-0.1, -0.05) is 43.2 Å². The molecule has 0 aliphatic carbocycles. The Morgan fingerprint density at radius 3 is 2.78 bits per heavy atom. The molecule has 0 aromatic heterocycles. The molecule has 98 valence electrons. The van der Waals surface area contributed by atoms with E-state index in [1.165, 1.54) is 0 Å². The molecule has 1 aromatic carbocycles. The lowest BCUT2D eigenvalue weighted by Crippen LogP contribution is -2.33. The van der Waals surface area contributed by atoms with Crippen LogP contribution < -0.4 is 11.1 Å². The van der Waals surface area contributed by atoms with E-state index in [2.05, 4.69) is 5.32 Å². The van der Waals surface area contributed by atoms with E-state index in [1.54, 1.807) is 12.1 Å². The van der Waals surface area contributed by atoms with Gasteiger partial charge in [0.1, 0.15) is 0 Å². The van der Waals surface area contributed by atoms with Crippen LogP contribution in [0.1, 0.15) is 25.3 Å². The van der Waals surface area contributed by atoms with Gasteiger partial charge < -0.3 is 11.1 Å². The van der Waals surface area contributed by atoms with Gasteiger partial charge in [-0.25, -0.2) is 0 Å². The average molecular weight is 285 g/mol. The third-order valence-corrected chi connectivity index (χ3v) is 3.46. The topological polar surface area (TPSA) is 55.1 Å². The summed E-state index contributed by atoms with van der Waals surface area (Å²) in [5.74, 6) is -0.599. The number of anilines is 1. The van der Waals surface area contributed by atoms with Crippen molar-refractivity contribution in [2.24, 2.45) is 11.7 Å². The first-order valence-electron chi connectivity index (χ1n) is 5.82. The van der Waals surface area contributed by atoms with E-state index in [1.807, 2.05) is 19.9 Å². The predicted octanol–water partition coefficient (Wildman–Crippen LogP) is 3.29. The quantitative estimate of drug-likeness (QED) is 0.816. The van der Waals surface area contributed by atoms with Crippen molar-refractivity contribution in [2.45, 2.75) is 26.7 Å². The molecule has 1 amide bonds. The third kappa shape index (κ3) is 3.68. The highest BCUT2D eigenvalue weighted by Crippen LogP contribution is 2.23. The Kier molecular flexibility index (Phi) is 5.56. The summed E-state index contributed by atoms with van der Waals surface area (Å²) < 4.78 is 0. The zero-order valence-corrected chi connectivity index (χ0v) is 12.1. The molecular formula is C13H17ClN2OS. The second-order valence-corrected chi connectivity index (χ2v) is 5.02. The zero-order chi connectivity index (χ0) is 13.7. The summed E-state index contributed by atoms with van der Waals surface area (Å²) in [6, 6.07) is 5.38. The van der Waals surface area contributed by atoms with Gasteiger partial charge in [0.05, 0.1) is 10.9 Å². The van der Waals surface area contributed by atoms with Crippen molar-refractivity contribution in [3.05, 3.63) is 28.8 Å². The van der Waals surface area contributed by atoms with Crippen LogP contribution in [0.3, 0.4) is 0 Å². The van der Waals surface area contributed by atoms with Gasteiger partial charge in [-0.2, -0.15) is 0 Å². The second kappa shape index (κ2) is 6.71. The van der Waals surface area contributed by atoms with Crippen molar-refractivity contribution < 1.29 is 4.79 Å². The number of nitrogens with two attached hydrogens (primary N) is 1. The second-order valence-electron chi connectivity index (χ2n) is 4.15. The smallest absolute Gasteiger partial charge is 0.234 e. The minimum Gasteiger partial charge on any atom is -0.393 e. The molecule has 0 bridgehead atoms. The number of rotatable bonds is 5. The van der Waals surface area contributed by atoms with Gasteiger partial charge in [0.2, 0.25) is 5.91 Å². The largest absolute Gasteiger partial charge is 0.393 e. The van der Waals surface area contributed by atoms with Crippen LogP contribution >= 0.6 is 23.8 Å².